The fourth-order valence-corrected chi connectivity index (χ4v) is 3.63. The summed E-state index contributed by atoms with van der Waals surface area (Å²) in [6, 6.07) is 26.0. The number of carbonyl (C=O) groups excluding carboxylic acids is 4. The minimum atomic E-state index is -0.525. The van der Waals surface area contributed by atoms with Crippen LogP contribution >= 0.6 is 0 Å². The highest BCUT2D eigenvalue weighted by molar-refractivity contribution is 6.05. The van der Waals surface area contributed by atoms with E-state index in [1.54, 1.807) is 72.8 Å². The largest absolute Gasteiger partial charge is 0.493 e. The van der Waals surface area contributed by atoms with Crippen LogP contribution in [0.2, 0.25) is 0 Å². The number of methoxy groups -OCH3 is 1. The Labute approximate surface area is 235 Å². The van der Waals surface area contributed by atoms with E-state index in [2.05, 4.69) is 15.8 Å². The summed E-state index contributed by atoms with van der Waals surface area (Å²) in [7, 11) is 1.39. The van der Waals surface area contributed by atoms with Crippen molar-refractivity contribution in [2.24, 2.45) is 5.10 Å². The van der Waals surface area contributed by atoms with Crippen molar-refractivity contribution >= 4 is 35.7 Å². The lowest BCUT2D eigenvalue weighted by molar-refractivity contribution is -0.132. The van der Waals surface area contributed by atoms with Crippen LogP contribution in [0.25, 0.3) is 0 Å². The number of carbonyl (C=O) groups is 4. The molecule has 0 bridgehead atoms. The summed E-state index contributed by atoms with van der Waals surface area (Å²) >= 11 is 0. The topological polar surface area (TPSA) is 132 Å². The van der Waals surface area contributed by atoms with Crippen LogP contribution in [0.1, 0.15) is 43.6 Å². The monoisotopic (exact) mass is 551 g/mol. The second-order valence-electron chi connectivity index (χ2n) is 8.49. The summed E-state index contributed by atoms with van der Waals surface area (Å²) in [6.07, 6.45) is 1.37. The van der Waals surface area contributed by atoms with E-state index in [4.69, 9.17) is 14.2 Å². The maximum absolute atomic E-state index is 12.8. The van der Waals surface area contributed by atoms with E-state index in [-0.39, 0.29) is 28.4 Å². The van der Waals surface area contributed by atoms with Gasteiger partial charge in [-0.15, -0.1) is 0 Å². The molecule has 4 rings (SSSR count). The van der Waals surface area contributed by atoms with Gasteiger partial charge in [0.15, 0.2) is 11.5 Å². The summed E-state index contributed by atoms with van der Waals surface area (Å²) in [5.41, 5.74) is 4.17. The molecule has 0 fully saturated rings. The molecule has 0 aliphatic rings. The first-order chi connectivity index (χ1) is 19.8. The predicted octanol–water partition coefficient (Wildman–Crippen LogP) is 4.86. The Bertz CT molecular complexity index is 1620. The number of hydrogen-bond donors (Lipinski definition) is 2. The Hall–Kier alpha value is -5.77. The molecule has 2 N–H and O–H groups in total. The number of para-hydroxylation sites is 1. The summed E-state index contributed by atoms with van der Waals surface area (Å²) in [5.74, 6) is -1.34. The molecule has 10 nitrogen and oxygen atoms in total. The van der Waals surface area contributed by atoms with Gasteiger partial charge in [-0.1, -0.05) is 36.4 Å². The van der Waals surface area contributed by atoms with Crippen LogP contribution in [0, 0.1) is 0 Å². The van der Waals surface area contributed by atoms with Gasteiger partial charge in [0.2, 0.25) is 0 Å². The second-order valence-corrected chi connectivity index (χ2v) is 8.49. The van der Waals surface area contributed by atoms with Crippen molar-refractivity contribution < 1.29 is 33.4 Å². The molecule has 10 heteroatoms. The van der Waals surface area contributed by atoms with E-state index in [1.165, 1.54) is 44.5 Å². The van der Waals surface area contributed by atoms with E-state index >= 15 is 0 Å². The Morgan fingerprint density at radius 1 is 0.683 bits per heavy atom. The van der Waals surface area contributed by atoms with Crippen molar-refractivity contribution in [1.29, 1.82) is 0 Å². The maximum atomic E-state index is 12.8. The van der Waals surface area contributed by atoms with Crippen molar-refractivity contribution in [2.75, 3.05) is 12.4 Å². The van der Waals surface area contributed by atoms with Crippen molar-refractivity contribution in [3.63, 3.8) is 0 Å². The minimum absolute atomic E-state index is 0.188. The number of nitrogens with zero attached hydrogens (tertiary/aromatic N) is 1. The first-order valence-corrected chi connectivity index (χ1v) is 12.3. The van der Waals surface area contributed by atoms with E-state index in [0.717, 1.165) is 0 Å². The first kappa shape index (κ1) is 28.2. The standard InChI is InChI=1S/C31H25N3O7/c1-20(35)40-27-16-15-23(18-28(27)39-2)29(36)33-25-13-8-12-22(17-25)30(37)34-32-19-24-11-6-7-14-26(24)41-31(38)21-9-4-3-5-10-21/h3-19H,1-2H3,(H,33,36)(H,34,37). The zero-order valence-electron chi connectivity index (χ0n) is 22.1. The molecular formula is C31H25N3O7. The van der Waals surface area contributed by atoms with Gasteiger partial charge in [-0.25, -0.2) is 10.2 Å². The first-order valence-electron chi connectivity index (χ1n) is 12.3. The zero-order chi connectivity index (χ0) is 29.2. The number of anilines is 1. The van der Waals surface area contributed by atoms with E-state index in [0.29, 0.717) is 16.8 Å². The number of benzene rings is 4. The van der Waals surface area contributed by atoms with Crippen molar-refractivity contribution in [3.8, 4) is 17.2 Å². The average molecular weight is 552 g/mol. The SMILES string of the molecule is COc1cc(C(=O)Nc2cccc(C(=O)NN=Cc3ccccc3OC(=O)c3ccccc3)c2)ccc1OC(C)=O. The lowest BCUT2D eigenvalue weighted by Gasteiger charge is -2.11. The highest BCUT2D eigenvalue weighted by Crippen LogP contribution is 2.28. The van der Waals surface area contributed by atoms with Gasteiger partial charge in [-0.3, -0.25) is 14.4 Å². The predicted molar refractivity (Wildman–Crippen MR) is 152 cm³/mol. The number of rotatable bonds is 9. The van der Waals surface area contributed by atoms with Gasteiger partial charge in [0, 0.05) is 29.3 Å². The van der Waals surface area contributed by atoms with Crippen molar-refractivity contribution in [2.45, 2.75) is 6.92 Å². The molecule has 206 valence electrons. The summed E-state index contributed by atoms with van der Waals surface area (Å²) in [6.45, 7) is 1.26. The fraction of sp³-hybridized carbons (Fsp3) is 0.0645. The fourth-order valence-electron chi connectivity index (χ4n) is 3.63. The Morgan fingerprint density at radius 2 is 1.39 bits per heavy atom. The van der Waals surface area contributed by atoms with E-state index in [1.807, 2.05) is 0 Å². The second kappa shape index (κ2) is 13.3. The van der Waals surface area contributed by atoms with Crippen molar-refractivity contribution in [3.05, 3.63) is 119 Å². The molecule has 0 saturated heterocycles. The van der Waals surface area contributed by atoms with Gasteiger partial charge in [0.25, 0.3) is 11.8 Å². The number of hydrazone groups is 1. The average Bonchev–Trinajstić information content (AvgIpc) is 2.98. The van der Waals surface area contributed by atoms with Crippen LogP contribution in [-0.4, -0.2) is 37.1 Å². The normalized spacial score (nSPS) is 10.5. The Morgan fingerprint density at radius 3 is 2.15 bits per heavy atom. The molecule has 2 amide bonds. The third kappa shape index (κ3) is 7.64. The molecule has 0 saturated carbocycles. The molecule has 41 heavy (non-hydrogen) atoms. The van der Waals surface area contributed by atoms with Crippen molar-refractivity contribution in [1.82, 2.24) is 5.43 Å². The van der Waals surface area contributed by atoms with Gasteiger partial charge in [0.05, 0.1) is 18.9 Å². The maximum Gasteiger partial charge on any atom is 0.343 e. The van der Waals surface area contributed by atoms with Crippen LogP contribution in [0.15, 0.2) is 102 Å². The van der Waals surface area contributed by atoms with Crippen LogP contribution in [0.5, 0.6) is 17.2 Å². The number of nitrogens with one attached hydrogen (secondary N) is 2. The Balaban J connectivity index is 1.40. The molecule has 4 aromatic carbocycles. The summed E-state index contributed by atoms with van der Waals surface area (Å²) < 4.78 is 15.8. The molecule has 0 unspecified atom stereocenters. The minimum Gasteiger partial charge on any atom is -0.493 e. The number of amides is 2. The molecule has 0 aliphatic heterocycles. The summed E-state index contributed by atoms with van der Waals surface area (Å²) in [5, 5.41) is 6.71. The molecule has 0 aliphatic carbocycles. The van der Waals surface area contributed by atoms with Crippen LogP contribution in [-0.2, 0) is 4.79 Å². The third-order valence-corrected chi connectivity index (χ3v) is 5.56. The van der Waals surface area contributed by atoms with Crippen LogP contribution in [0.4, 0.5) is 5.69 Å². The number of ether oxygens (including phenoxy) is 3. The Kier molecular flexibility index (Phi) is 9.19. The smallest absolute Gasteiger partial charge is 0.343 e. The number of hydrogen-bond acceptors (Lipinski definition) is 8. The third-order valence-electron chi connectivity index (χ3n) is 5.56. The summed E-state index contributed by atoms with van der Waals surface area (Å²) in [4.78, 5) is 49.2. The molecule has 0 spiro atoms. The molecule has 0 radical (unpaired) electrons. The molecule has 0 atom stereocenters. The van der Waals surface area contributed by atoms with E-state index in [9.17, 15) is 19.2 Å². The highest BCUT2D eigenvalue weighted by atomic mass is 16.6. The van der Waals surface area contributed by atoms with Gasteiger partial charge in [-0.05, 0) is 60.7 Å². The van der Waals surface area contributed by atoms with Crippen LogP contribution in [0.3, 0.4) is 0 Å². The quantitative estimate of drug-likeness (QED) is 0.131. The molecule has 0 aromatic heterocycles. The number of esters is 2. The molecule has 4 aromatic rings. The molecule has 0 heterocycles. The van der Waals surface area contributed by atoms with Gasteiger partial charge in [-0.2, -0.15) is 5.10 Å². The lowest BCUT2D eigenvalue weighted by Crippen LogP contribution is -2.18. The van der Waals surface area contributed by atoms with Gasteiger partial charge in [0.1, 0.15) is 5.75 Å². The van der Waals surface area contributed by atoms with Gasteiger partial charge < -0.3 is 19.5 Å². The highest BCUT2D eigenvalue weighted by Gasteiger charge is 2.14. The molecular weight excluding hydrogens is 526 g/mol. The van der Waals surface area contributed by atoms with E-state index < -0.39 is 23.8 Å². The van der Waals surface area contributed by atoms with Crippen LogP contribution < -0.4 is 25.0 Å². The lowest BCUT2D eigenvalue weighted by atomic mass is 10.1. The van der Waals surface area contributed by atoms with Gasteiger partial charge >= 0.3 is 11.9 Å². The zero-order valence-corrected chi connectivity index (χ0v) is 22.1.